The fourth-order valence-corrected chi connectivity index (χ4v) is 3.57. The number of furan rings is 1. The minimum absolute atomic E-state index is 0.0822. The van der Waals surface area contributed by atoms with Crippen molar-refractivity contribution in [1.82, 2.24) is 9.97 Å². The molecule has 37 heavy (non-hydrogen) atoms. The molecule has 4 aromatic rings. The van der Waals surface area contributed by atoms with Crippen LogP contribution >= 0.6 is 11.6 Å². The van der Waals surface area contributed by atoms with Crippen LogP contribution in [-0.4, -0.2) is 20.9 Å². The molecular formula is C25H15ClN4O7. The molecule has 0 atom stereocenters. The Bertz CT molecular complexity index is 1710. The van der Waals surface area contributed by atoms with E-state index in [1.54, 1.807) is 47.4 Å². The highest BCUT2D eigenvalue weighted by molar-refractivity contribution is 6.33. The number of ether oxygens (including phenoxy) is 1. The molecule has 2 heterocycles. The first-order chi connectivity index (χ1) is 17.8. The van der Waals surface area contributed by atoms with Crippen LogP contribution < -0.4 is 11.2 Å². The van der Waals surface area contributed by atoms with Gasteiger partial charge in [0.2, 0.25) is 0 Å². The molecule has 0 aliphatic carbocycles. The standard InChI is InChI=1S/C25H15ClN4O7/c26-19-8-5-14(11-18(19)24(32)36-13-16-4-2-1-3-15(16)12-27)21-10-7-17(37-21)6-9-20-22(30(34)35)23(31)29-25(33)28-20/h1-11H,13H2,(H2,28,29,31,33)/b9-6+. The number of nitriles is 1. The molecule has 0 fully saturated rings. The van der Waals surface area contributed by atoms with Crippen LogP contribution in [0.3, 0.4) is 0 Å². The SMILES string of the molecule is N#Cc1ccccc1COC(=O)c1cc(-c2ccc(/C=C/c3[nH]c(=O)[nH]c(=O)c3[N+](=O)[O-])o2)ccc1Cl. The van der Waals surface area contributed by atoms with Crippen molar-refractivity contribution in [3.63, 3.8) is 0 Å². The number of carbonyl (C=O) groups excluding carboxylic acids is 1. The Morgan fingerprint density at radius 3 is 2.68 bits per heavy atom. The van der Waals surface area contributed by atoms with Crippen LogP contribution in [-0.2, 0) is 11.3 Å². The number of carbonyl (C=O) groups is 1. The van der Waals surface area contributed by atoms with Crippen molar-refractivity contribution in [1.29, 1.82) is 5.26 Å². The number of rotatable bonds is 7. The third kappa shape index (κ3) is 5.55. The smallest absolute Gasteiger partial charge is 0.357 e. The summed E-state index contributed by atoms with van der Waals surface area (Å²) in [5.41, 5.74) is -1.64. The highest BCUT2D eigenvalue weighted by Crippen LogP contribution is 2.28. The van der Waals surface area contributed by atoms with Crippen molar-refractivity contribution in [2.45, 2.75) is 6.61 Å². The summed E-state index contributed by atoms with van der Waals surface area (Å²) in [5, 5.41) is 20.5. The molecule has 0 aliphatic heterocycles. The van der Waals surface area contributed by atoms with E-state index in [2.05, 4.69) is 4.98 Å². The first-order valence-electron chi connectivity index (χ1n) is 10.5. The largest absolute Gasteiger partial charge is 0.457 e. The molecule has 184 valence electrons. The predicted octanol–water partition coefficient (Wildman–Crippen LogP) is 4.28. The van der Waals surface area contributed by atoms with Gasteiger partial charge in [0.15, 0.2) is 0 Å². The lowest BCUT2D eigenvalue weighted by Gasteiger charge is -2.08. The zero-order valence-electron chi connectivity index (χ0n) is 18.7. The van der Waals surface area contributed by atoms with E-state index in [0.29, 0.717) is 22.5 Å². The van der Waals surface area contributed by atoms with Crippen LogP contribution in [0.15, 0.2) is 68.6 Å². The van der Waals surface area contributed by atoms with Crippen molar-refractivity contribution in [2.24, 2.45) is 0 Å². The Morgan fingerprint density at radius 2 is 1.92 bits per heavy atom. The second-order valence-corrected chi connectivity index (χ2v) is 7.91. The van der Waals surface area contributed by atoms with E-state index in [1.165, 1.54) is 24.3 Å². The summed E-state index contributed by atoms with van der Waals surface area (Å²) in [6.45, 7) is -0.116. The first kappa shape index (κ1) is 24.9. The highest BCUT2D eigenvalue weighted by atomic mass is 35.5. The van der Waals surface area contributed by atoms with E-state index < -0.39 is 27.8 Å². The van der Waals surface area contributed by atoms with E-state index in [4.69, 9.17) is 20.8 Å². The number of benzene rings is 2. The maximum atomic E-state index is 12.7. The quantitative estimate of drug-likeness (QED) is 0.207. The number of hydrogen-bond acceptors (Lipinski definition) is 8. The Morgan fingerprint density at radius 1 is 1.14 bits per heavy atom. The fourth-order valence-electron chi connectivity index (χ4n) is 3.37. The summed E-state index contributed by atoms with van der Waals surface area (Å²) in [5.74, 6) is -0.108. The normalized spacial score (nSPS) is 10.8. The van der Waals surface area contributed by atoms with Crippen LogP contribution in [0.25, 0.3) is 23.5 Å². The number of nitrogens with zero attached hydrogens (tertiary/aromatic N) is 2. The van der Waals surface area contributed by atoms with Crippen molar-refractivity contribution < 1.29 is 18.9 Å². The molecule has 2 N–H and O–H groups in total. The summed E-state index contributed by atoms with van der Waals surface area (Å²) >= 11 is 6.20. The molecule has 11 nitrogen and oxygen atoms in total. The second-order valence-electron chi connectivity index (χ2n) is 7.50. The summed E-state index contributed by atoms with van der Waals surface area (Å²) < 4.78 is 11.1. The number of aromatic amines is 2. The van der Waals surface area contributed by atoms with Crippen LogP contribution in [0.1, 0.15) is 32.9 Å². The third-order valence-corrected chi connectivity index (χ3v) is 5.47. The van der Waals surface area contributed by atoms with Gasteiger partial charge in [0.25, 0.3) is 0 Å². The molecule has 0 spiro atoms. The number of nitrogens with one attached hydrogen (secondary N) is 2. The van der Waals surface area contributed by atoms with Gasteiger partial charge in [-0.15, -0.1) is 0 Å². The molecule has 0 bridgehead atoms. The highest BCUT2D eigenvalue weighted by Gasteiger charge is 2.19. The number of nitro groups is 1. The van der Waals surface area contributed by atoms with E-state index in [0.717, 1.165) is 0 Å². The third-order valence-electron chi connectivity index (χ3n) is 5.14. The average Bonchev–Trinajstić information content (AvgIpc) is 3.35. The molecule has 2 aromatic carbocycles. The molecule has 0 amide bonds. The van der Waals surface area contributed by atoms with Crippen molar-refractivity contribution in [3.05, 3.63) is 119 Å². The van der Waals surface area contributed by atoms with Gasteiger partial charge in [0.1, 0.15) is 23.8 Å². The van der Waals surface area contributed by atoms with E-state index >= 15 is 0 Å². The average molecular weight is 519 g/mol. The van der Waals surface area contributed by atoms with E-state index in [9.17, 15) is 29.8 Å². The Hall–Kier alpha value is -5.21. The zero-order valence-corrected chi connectivity index (χ0v) is 19.4. The Kier molecular flexibility index (Phi) is 7.13. The van der Waals surface area contributed by atoms with Gasteiger partial charge in [0, 0.05) is 11.1 Å². The summed E-state index contributed by atoms with van der Waals surface area (Å²) in [4.78, 5) is 50.2. The molecule has 4 rings (SSSR count). The number of H-pyrrole nitrogens is 2. The Labute approximate surface area is 212 Å². The maximum Gasteiger partial charge on any atom is 0.357 e. The van der Waals surface area contributed by atoms with Crippen LogP contribution in [0.2, 0.25) is 5.02 Å². The molecule has 12 heteroatoms. The van der Waals surface area contributed by atoms with Gasteiger partial charge in [-0.05, 0) is 48.6 Å². The van der Waals surface area contributed by atoms with Gasteiger partial charge in [-0.25, -0.2) is 9.59 Å². The molecular weight excluding hydrogens is 504 g/mol. The number of aromatic nitrogens is 2. The van der Waals surface area contributed by atoms with Crippen LogP contribution in [0, 0.1) is 21.4 Å². The lowest BCUT2D eigenvalue weighted by Crippen LogP contribution is -2.25. The van der Waals surface area contributed by atoms with Crippen molar-refractivity contribution >= 4 is 35.4 Å². The first-order valence-corrected chi connectivity index (χ1v) is 10.9. The van der Waals surface area contributed by atoms with Crippen molar-refractivity contribution in [3.8, 4) is 17.4 Å². The molecule has 0 saturated carbocycles. The molecule has 0 radical (unpaired) electrons. The summed E-state index contributed by atoms with van der Waals surface area (Å²) in [6, 6.07) is 16.5. The number of hydrogen-bond donors (Lipinski definition) is 2. The number of esters is 1. The second kappa shape index (κ2) is 10.6. The fraction of sp³-hybridized carbons (Fsp3) is 0.0400. The minimum atomic E-state index is -1.13. The van der Waals surface area contributed by atoms with Gasteiger partial charge < -0.3 is 14.1 Å². The zero-order chi connectivity index (χ0) is 26.5. The lowest BCUT2D eigenvalue weighted by atomic mass is 10.1. The van der Waals surface area contributed by atoms with Gasteiger partial charge in [-0.2, -0.15) is 5.26 Å². The summed E-state index contributed by atoms with van der Waals surface area (Å²) in [6.07, 6.45) is 2.50. The van der Waals surface area contributed by atoms with Gasteiger partial charge in [-0.3, -0.25) is 19.9 Å². The van der Waals surface area contributed by atoms with E-state index in [-0.39, 0.29) is 28.6 Å². The lowest BCUT2D eigenvalue weighted by molar-refractivity contribution is -0.386. The molecule has 0 unspecified atom stereocenters. The number of halogens is 1. The monoisotopic (exact) mass is 518 g/mol. The predicted molar refractivity (Wildman–Crippen MR) is 133 cm³/mol. The van der Waals surface area contributed by atoms with Crippen molar-refractivity contribution in [2.75, 3.05) is 0 Å². The Balaban J connectivity index is 1.55. The molecule has 2 aromatic heterocycles. The van der Waals surface area contributed by atoms with Crippen LogP contribution in [0.5, 0.6) is 0 Å². The topological polar surface area (TPSA) is 172 Å². The molecule has 0 aliphatic rings. The van der Waals surface area contributed by atoms with Gasteiger partial charge in [0.05, 0.1) is 27.1 Å². The maximum absolute atomic E-state index is 12.7. The van der Waals surface area contributed by atoms with Crippen LogP contribution in [0.4, 0.5) is 5.69 Å². The van der Waals surface area contributed by atoms with Gasteiger partial charge >= 0.3 is 22.9 Å². The van der Waals surface area contributed by atoms with Gasteiger partial charge in [-0.1, -0.05) is 29.8 Å². The minimum Gasteiger partial charge on any atom is -0.457 e. The van der Waals surface area contributed by atoms with E-state index in [1.807, 2.05) is 6.07 Å². The molecule has 0 saturated heterocycles. The summed E-state index contributed by atoms with van der Waals surface area (Å²) in [7, 11) is 0.